The van der Waals surface area contributed by atoms with Crippen molar-refractivity contribution in [2.45, 2.75) is 44.6 Å². The second kappa shape index (κ2) is 10.2. The van der Waals surface area contributed by atoms with E-state index in [1.807, 2.05) is 10.8 Å². The van der Waals surface area contributed by atoms with Crippen LogP contribution >= 0.6 is 22.7 Å². The average molecular weight is 543 g/mol. The Morgan fingerprint density at radius 1 is 1.19 bits per heavy atom. The monoisotopic (exact) mass is 542 g/mol. The number of nitrogens with one attached hydrogen (secondary N) is 1. The number of halogens is 2. The number of hydrogen-bond donors (Lipinski definition) is 1. The lowest BCUT2D eigenvalue weighted by molar-refractivity contribution is -0.0517. The van der Waals surface area contributed by atoms with Gasteiger partial charge in [-0.05, 0) is 49.8 Å². The lowest BCUT2D eigenvalue weighted by atomic mass is 9.86. The Balaban J connectivity index is 1.29. The van der Waals surface area contributed by atoms with Crippen LogP contribution in [0.5, 0.6) is 11.5 Å². The zero-order chi connectivity index (χ0) is 25.4. The molecule has 4 aromatic rings. The third-order valence-corrected chi connectivity index (χ3v) is 8.11. The number of nitrogens with zero attached hydrogens (tertiary/aromatic N) is 3. The Morgan fingerprint density at radius 2 is 2.05 bits per heavy atom. The van der Waals surface area contributed by atoms with E-state index in [4.69, 9.17) is 9.47 Å². The number of carbonyl (C=O) groups is 1. The van der Waals surface area contributed by atoms with Crippen LogP contribution in [0.2, 0.25) is 0 Å². The summed E-state index contributed by atoms with van der Waals surface area (Å²) in [5, 5.41) is 7.31. The number of aromatic nitrogens is 3. The Labute approximate surface area is 219 Å². The van der Waals surface area contributed by atoms with Crippen molar-refractivity contribution in [3.63, 3.8) is 0 Å². The molecule has 1 amide bonds. The summed E-state index contributed by atoms with van der Waals surface area (Å²) in [5.74, 6) is 0.838. The summed E-state index contributed by atoms with van der Waals surface area (Å²) in [6.07, 6.45) is 10.8. The Morgan fingerprint density at radius 3 is 2.81 bits per heavy atom. The molecule has 3 heterocycles. The maximum atomic E-state index is 13.3. The molecule has 0 spiro atoms. The fourth-order valence-corrected chi connectivity index (χ4v) is 5.76. The van der Waals surface area contributed by atoms with E-state index in [9.17, 15) is 13.6 Å². The third-order valence-electron chi connectivity index (χ3n) is 6.58. The van der Waals surface area contributed by atoms with Crippen molar-refractivity contribution in [2.24, 2.45) is 5.92 Å². The number of amides is 1. The number of anilines is 1. The number of para-hydroxylation sites is 1. The summed E-state index contributed by atoms with van der Waals surface area (Å²) in [7, 11) is 0. The standard InChI is InChI=1S/C26H24F2N4O3S2/c27-24(28)35-20-6-2-5-17(22(20)34-13-15-3-1-4-15)9-10-18-21(32-11-12-36-26(32)30-18)23(33)31-25-29-19(14-37-25)16-7-8-16/h2,5-6,9-12,14-16,24H,1,3-4,7-8,13H2,(H,29,31,33). The SMILES string of the molecule is O=C(Nc1nc(C2CC2)cs1)c1c(C=Cc2cccc(OC(F)F)c2OCC2CCC2)nc2sccn12. The first-order valence-electron chi connectivity index (χ1n) is 12.2. The molecule has 0 bridgehead atoms. The minimum absolute atomic E-state index is 0.0181. The molecule has 0 aliphatic heterocycles. The predicted octanol–water partition coefficient (Wildman–Crippen LogP) is 6.93. The minimum Gasteiger partial charge on any atom is -0.489 e. The number of benzene rings is 1. The van der Waals surface area contributed by atoms with Crippen molar-refractivity contribution < 1.29 is 23.0 Å². The van der Waals surface area contributed by atoms with Gasteiger partial charge in [-0.25, -0.2) is 9.97 Å². The molecule has 1 aromatic carbocycles. The van der Waals surface area contributed by atoms with Gasteiger partial charge in [-0.15, -0.1) is 22.7 Å². The van der Waals surface area contributed by atoms with Crippen LogP contribution in [0, 0.1) is 5.92 Å². The number of thiazole rings is 2. The summed E-state index contributed by atoms with van der Waals surface area (Å²) in [5.41, 5.74) is 2.41. The van der Waals surface area contributed by atoms with Crippen LogP contribution in [0.1, 0.15) is 65.5 Å². The van der Waals surface area contributed by atoms with E-state index in [0.717, 1.165) is 37.8 Å². The van der Waals surface area contributed by atoms with Gasteiger partial charge in [-0.1, -0.05) is 18.6 Å². The summed E-state index contributed by atoms with van der Waals surface area (Å²) in [4.78, 5) is 23.1. The maximum absolute atomic E-state index is 13.3. The van der Waals surface area contributed by atoms with Crippen molar-refractivity contribution in [3.05, 3.63) is 57.8 Å². The minimum atomic E-state index is -2.97. The lowest BCUT2D eigenvalue weighted by Gasteiger charge is -2.26. The van der Waals surface area contributed by atoms with Gasteiger partial charge in [-0.3, -0.25) is 14.5 Å². The topological polar surface area (TPSA) is 77.8 Å². The van der Waals surface area contributed by atoms with Crippen molar-refractivity contribution in [1.29, 1.82) is 0 Å². The molecule has 7 nitrogen and oxygen atoms in total. The molecular weight excluding hydrogens is 518 g/mol. The quantitative estimate of drug-likeness (QED) is 0.235. The highest BCUT2D eigenvalue weighted by Gasteiger charge is 2.27. The van der Waals surface area contributed by atoms with E-state index in [1.54, 1.807) is 34.9 Å². The molecule has 2 fully saturated rings. The van der Waals surface area contributed by atoms with Crippen molar-refractivity contribution in [1.82, 2.24) is 14.4 Å². The molecule has 0 unspecified atom stereocenters. The molecule has 0 radical (unpaired) electrons. The van der Waals surface area contributed by atoms with Crippen molar-refractivity contribution in [2.75, 3.05) is 11.9 Å². The van der Waals surface area contributed by atoms with E-state index in [-0.39, 0.29) is 17.4 Å². The molecular formula is C26H24F2N4O3S2. The maximum Gasteiger partial charge on any atom is 0.387 e. The van der Waals surface area contributed by atoms with Crippen LogP contribution in [0.15, 0.2) is 35.2 Å². The highest BCUT2D eigenvalue weighted by atomic mass is 32.1. The largest absolute Gasteiger partial charge is 0.489 e. The summed E-state index contributed by atoms with van der Waals surface area (Å²) in [6, 6.07) is 4.86. The fraction of sp³-hybridized carbons (Fsp3) is 0.346. The number of rotatable bonds is 10. The van der Waals surface area contributed by atoms with Crippen LogP contribution in [-0.4, -0.2) is 33.5 Å². The van der Waals surface area contributed by atoms with E-state index in [1.165, 1.54) is 28.7 Å². The van der Waals surface area contributed by atoms with Crippen LogP contribution in [0.3, 0.4) is 0 Å². The molecule has 6 rings (SSSR count). The Hall–Kier alpha value is -3.31. The van der Waals surface area contributed by atoms with Crippen LogP contribution in [0.4, 0.5) is 13.9 Å². The number of alkyl halides is 2. The molecule has 2 saturated carbocycles. The highest BCUT2D eigenvalue weighted by Crippen LogP contribution is 2.41. The Bertz CT molecular complexity index is 1450. The first-order chi connectivity index (χ1) is 18.0. The fourth-order valence-electron chi connectivity index (χ4n) is 4.25. The molecule has 192 valence electrons. The molecule has 0 saturated heterocycles. The molecule has 37 heavy (non-hydrogen) atoms. The Kier molecular flexibility index (Phi) is 6.64. The number of ether oxygens (including phenoxy) is 2. The first kappa shape index (κ1) is 24.1. The van der Waals surface area contributed by atoms with Crippen LogP contribution in [0.25, 0.3) is 17.1 Å². The van der Waals surface area contributed by atoms with Crippen LogP contribution in [-0.2, 0) is 0 Å². The van der Waals surface area contributed by atoms with Gasteiger partial charge in [0.2, 0.25) is 0 Å². The average Bonchev–Trinajstić information content (AvgIpc) is 3.24. The van der Waals surface area contributed by atoms with Crippen LogP contribution < -0.4 is 14.8 Å². The van der Waals surface area contributed by atoms with Gasteiger partial charge in [0.25, 0.3) is 5.91 Å². The zero-order valence-corrected chi connectivity index (χ0v) is 21.4. The summed E-state index contributed by atoms with van der Waals surface area (Å²) >= 11 is 2.82. The number of carbonyl (C=O) groups excluding carboxylic acids is 1. The van der Waals surface area contributed by atoms with E-state index < -0.39 is 6.61 Å². The molecule has 2 aliphatic carbocycles. The van der Waals surface area contributed by atoms with Gasteiger partial charge < -0.3 is 9.47 Å². The van der Waals surface area contributed by atoms with Gasteiger partial charge >= 0.3 is 6.61 Å². The third kappa shape index (κ3) is 5.24. The zero-order valence-electron chi connectivity index (χ0n) is 19.7. The molecule has 2 aliphatic rings. The number of fused-ring (bicyclic) bond motifs is 1. The second-order valence-corrected chi connectivity index (χ2v) is 10.9. The lowest BCUT2D eigenvalue weighted by Crippen LogP contribution is -2.20. The normalized spacial score (nSPS) is 16.0. The molecule has 11 heteroatoms. The highest BCUT2D eigenvalue weighted by molar-refractivity contribution is 7.15. The van der Waals surface area contributed by atoms with E-state index >= 15 is 0 Å². The molecule has 3 aromatic heterocycles. The number of imidazole rings is 1. The van der Waals surface area contributed by atoms with E-state index in [0.29, 0.717) is 45.5 Å². The summed E-state index contributed by atoms with van der Waals surface area (Å²) < 4.78 is 38.5. The van der Waals surface area contributed by atoms with Gasteiger partial charge in [0, 0.05) is 28.4 Å². The first-order valence-corrected chi connectivity index (χ1v) is 13.9. The van der Waals surface area contributed by atoms with Gasteiger partial charge in [0.05, 0.1) is 18.0 Å². The second-order valence-electron chi connectivity index (χ2n) is 9.20. The predicted molar refractivity (Wildman–Crippen MR) is 140 cm³/mol. The smallest absolute Gasteiger partial charge is 0.387 e. The number of hydrogen-bond acceptors (Lipinski definition) is 7. The van der Waals surface area contributed by atoms with E-state index in [2.05, 4.69) is 15.3 Å². The molecule has 0 atom stereocenters. The van der Waals surface area contributed by atoms with Gasteiger partial charge in [-0.2, -0.15) is 8.78 Å². The van der Waals surface area contributed by atoms with Crippen molar-refractivity contribution >= 4 is 50.8 Å². The molecule has 1 N–H and O–H groups in total. The van der Waals surface area contributed by atoms with Gasteiger partial charge in [0.15, 0.2) is 21.6 Å². The summed E-state index contributed by atoms with van der Waals surface area (Å²) in [6.45, 7) is -2.53. The van der Waals surface area contributed by atoms with Gasteiger partial charge in [0.1, 0.15) is 5.69 Å². The van der Waals surface area contributed by atoms with Crippen molar-refractivity contribution in [3.8, 4) is 11.5 Å².